The Labute approximate surface area is 178 Å². The Hall–Kier alpha value is -3.26. The molecule has 1 N–H and O–H groups in total. The summed E-state index contributed by atoms with van der Waals surface area (Å²) in [7, 11) is 0. The smallest absolute Gasteiger partial charge is 0.409 e. The van der Waals surface area contributed by atoms with E-state index in [1.807, 2.05) is 24.4 Å². The monoisotopic (exact) mass is 419 g/mol. The van der Waals surface area contributed by atoms with Gasteiger partial charge in [0.15, 0.2) is 11.0 Å². The number of carbonyl (C=O) groups excluding carboxylic acids is 1. The highest BCUT2D eigenvalue weighted by Gasteiger charge is 2.23. The number of nitrogens with one attached hydrogen (secondary N) is 1. The number of aromatic amines is 1. The summed E-state index contributed by atoms with van der Waals surface area (Å²) in [6.45, 7) is 3.80. The lowest BCUT2D eigenvalue weighted by Gasteiger charge is -2.13. The van der Waals surface area contributed by atoms with Crippen molar-refractivity contribution in [2.45, 2.75) is 12.1 Å². The highest BCUT2D eigenvalue weighted by molar-refractivity contribution is 7.99. The Bertz CT molecular complexity index is 1220. The first kappa shape index (κ1) is 18.7. The number of hydrogen-bond donors (Lipinski definition) is 1. The number of benzene rings is 2. The van der Waals surface area contributed by atoms with Crippen molar-refractivity contribution in [1.29, 1.82) is 0 Å². The molecule has 1 aliphatic rings. The predicted octanol–water partition coefficient (Wildman–Crippen LogP) is 4.27. The number of aromatic nitrogens is 4. The van der Waals surface area contributed by atoms with Crippen LogP contribution in [0.2, 0.25) is 0 Å². The van der Waals surface area contributed by atoms with Crippen molar-refractivity contribution in [2.24, 2.45) is 0 Å². The maximum absolute atomic E-state index is 11.7. The Balaban J connectivity index is 1.52. The lowest BCUT2D eigenvalue weighted by molar-refractivity contribution is 0.160. The number of thioether (sulfide) groups is 1. The molecule has 5 rings (SSSR count). The van der Waals surface area contributed by atoms with E-state index in [4.69, 9.17) is 4.74 Å². The summed E-state index contributed by atoms with van der Waals surface area (Å²) >= 11 is 1.59. The minimum atomic E-state index is -0.241. The van der Waals surface area contributed by atoms with Crippen molar-refractivity contribution in [3.05, 3.63) is 60.3 Å². The zero-order valence-electron chi connectivity index (χ0n) is 16.5. The van der Waals surface area contributed by atoms with Crippen LogP contribution in [-0.4, -0.2) is 56.2 Å². The summed E-state index contributed by atoms with van der Waals surface area (Å²) in [6.07, 6.45) is 1.74. The van der Waals surface area contributed by atoms with Gasteiger partial charge >= 0.3 is 6.09 Å². The molecule has 2 aromatic carbocycles. The number of H-pyrrole nitrogens is 1. The molecule has 1 saturated heterocycles. The summed E-state index contributed by atoms with van der Waals surface area (Å²) in [5, 5.41) is 10.9. The standard InChI is InChI=1S/C22H21N5O2S/c1-15-5-4-6-16(13-15)27-20(18-14-23-19-8-3-2-7-17(18)19)24-25-21(27)30-12-10-26-9-11-29-22(26)28/h2-8,13-14,23H,9-12H2,1H3. The summed E-state index contributed by atoms with van der Waals surface area (Å²) in [4.78, 5) is 16.7. The normalized spacial score (nSPS) is 13.9. The van der Waals surface area contributed by atoms with E-state index in [-0.39, 0.29) is 6.09 Å². The number of carbonyl (C=O) groups is 1. The zero-order valence-corrected chi connectivity index (χ0v) is 17.4. The van der Waals surface area contributed by atoms with Crippen molar-refractivity contribution >= 4 is 28.8 Å². The van der Waals surface area contributed by atoms with Crippen LogP contribution in [0.15, 0.2) is 59.9 Å². The molecule has 4 aromatic rings. The van der Waals surface area contributed by atoms with E-state index in [9.17, 15) is 4.79 Å². The van der Waals surface area contributed by atoms with E-state index < -0.39 is 0 Å². The number of nitrogens with zero attached hydrogens (tertiary/aromatic N) is 4. The fourth-order valence-corrected chi connectivity index (χ4v) is 4.58. The molecular formula is C22H21N5O2S. The highest BCUT2D eigenvalue weighted by atomic mass is 32.2. The summed E-state index contributed by atoms with van der Waals surface area (Å²) in [5.74, 6) is 1.51. The van der Waals surface area contributed by atoms with Crippen molar-refractivity contribution in [2.75, 3.05) is 25.4 Å². The van der Waals surface area contributed by atoms with E-state index in [0.29, 0.717) is 25.4 Å². The van der Waals surface area contributed by atoms with Crippen molar-refractivity contribution < 1.29 is 9.53 Å². The van der Waals surface area contributed by atoms with E-state index >= 15 is 0 Å². The number of rotatable bonds is 6. The number of cyclic esters (lactones) is 1. The number of aryl methyl sites for hydroxylation is 1. The Morgan fingerprint density at radius 1 is 1.17 bits per heavy atom. The van der Waals surface area contributed by atoms with Gasteiger partial charge in [0.05, 0.1) is 6.54 Å². The highest BCUT2D eigenvalue weighted by Crippen LogP contribution is 2.32. The van der Waals surface area contributed by atoms with Gasteiger partial charge in [-0.05, 0) is 30.7 Å². The van der Waals surface area contributed by atoms with Crippen LogP contribution in [0.1, 0.15) is 5.56 Å². The van der Waals surface area contributed by atoms with Crippen LogP contribution in [0.25, 0.3) is 28.0 Å². The summed E-state index contributed by atoms with van der Waals surface area (Å²) in [6, 6.07) is 16.5. The fraction of sp³-hybridized carbons (Fsp3) is 0.227. The van der Waals surface area contributed by atoms with Crippen LogP contribution < -0.4 is 0 Å². The molecule has 0 spiro atoms. The molecular weight excluding hydrogens is 398 g/mol. The van der Waals surface area contributed by atoms with Crippen LogP contribution in [0.5, 0.6) is 0 Å². The molecule has 30 heavy (non-hydrogen) atoms. The Morgan fingerprint density at radius 2 is 2.07 bits per heavy atom. The number of para-hydroxylation sites is 1. The first-order valence-corrected chi connectivity index (χ1v) is 10.8. The minimum absolute atomic E-state index is 0.241. The van der Waals surface area contributed by atoms with Crippen LogP contribution in [0, 0.1) is 6.92 Å². The molecule has 2 aromatic heterocycles. The number of hydrogen-bond acceptors (Lipinski definition) is 5. The van der Waals surface area contributed by atoms with Gasteiger partial charge in [-0.25, -0.2) is 4.79 Å². The lowest BCUT2D eigenvalue weighted by atomic mass is 10.1. The second-order valence-electron chi connectivity index (χ2n) is 7.18. The fourth-order valence-electron chi connectivity index (χ4n) is 3.67. The molecule has 8 heteroatoms. The van der Waals surface area contributed by atoms with Gasteiger partial charge in [-0.3, -0.25) is 4.57 Å². The molecule has 0 atom stereocenters. The predicted molar refractivity (Wildman–Crippen MR) is 117 cm³/mol. The number of ether oxygens (including phenoxy) is 1. The maximum Gasteiger partial charge on any atom is 0.409 e. The van der Waals surface area contributed by atoms with Gasteiger partial charge in [0.1, 0.15) is 6.61 Å². The van der Waals surface area contributed by atoms with Gasteiger partial charge in [-0.15, -0.1) is 10.2 Å². The van der Waals surface area contributed by atoms with Gasteiger partial charge in [-0.2, -0.15) is 0 Å². The molecule has 152 valence electrons. The molecule has 3 heterocycles. The molecule has 1 fully saturated rings. The third kappa shape index (κ3) is 3.43. The van der Waals surface area contributed by atoms with Gasteiger partial charge in [0, 0.05) is 40.6 Å². The van der Waals surface area contributed by atoms with Crippen LogP contribution in [-0.2, 0) is 4.74 Å². The van der Waals surface area contributed by atoms with E-state index in [0.717, 1.165) is 33.1 Å². The first-order chi connectivity index (χ1) is 14.7. The number of fused-ring (bicyclic) bond motifs is 1. The van der Waals surface area contributed by atoms with Crippen molar-refractivity contribution in [3.8, 4) is 17.1 Å². The van der Waals surface area contributed by atoms with Gasteiger partial charge in [0.25, 0.3) is 0 Å². The molecule has 0 bridgehead atoms. The topological polar surface area (TPSA) is 76.0 Å². The van der Waals surface area contributed by atoms with E-state index in [1.54, 1.807) is 16.7 Å². The molecule has 0 unspecified atom stereocenters. The summed E-state index contributed by atoms with van der Waals surface area (Å²) < 4.78 is 7.10. The van der Waals surface area contributed by atoms with Crippen LogP contribution in [0.4, 0.5) is 4.79 Å². The van der Waals surface area contributed by atoms with Crippen LogP contribution in [0.3, 0.4) is 0 Å². The molecule has 0 saturated carbocycles. The molecule has 1 aliphatic heterocycles. The average Bonchev–Trinajstić information content (AvgIpc) is 3.46. The molecule has 0 aliphatic carbocycles. The second kappa shape index (κ2) is 7.87. The largest absolute Gasteiger partial charge is 0.448 e. The first-order valence-electron chi connectivity index (χ1n) is 9.84. The van der Waals surface area contributed by atoms with Crippen LogP contribution >= 0.6 is 11.8 Å². The minimum Gasteiger partial charge on any atom is -0.448 e. The Kier molecular flexibility index (Phi) is 4.92. The zero-order chi connectivity index (χ0) is 20.5. The third-order valence-corrected chi connectivity index (χ3v) is 6.07. The van der Waals surface area contributed by atoms with E-state index in [1.165, 1.54) is 5.56 Å². The molecule has 0 radical (unpaired) electrons. The molecule has 7 nitrogen and oxygen atoms in total. The second-order valence-corrected chi connectivity index (χ2v) is 8.24. The quantitative estimate of drug-likeness (QED) is 0.473. The maximum atomic E-state index is 11.7. The van der Waals surface area contributed by atoms with Crippen molar-refractivity contribution in [1.82, 2.24) is 24.6 Å². The lowest BCUT2D eigenvalue weighted by Crippen LogP contribution is -2.26. The van der Waals surface area contributed by atoms with Gasteiger partial charge < -0.3 is 14.6 Å². The number of amides is 1. The summed E-state index contributed by atoms with van der Waals surface area (Å²) in [5.41, 5.74) is 4.26. The van der Waals surface area contributed by atoms with Gasteiger partial charge in [-0.1, -0.05) is 42.1 Å². The van der Waals surface area contributed by atoms with E-state index in [2.05, 4.69) is 57.0 Å². The van der Waals surface area contributed by atoms with Crippen molar-refractivity contribution in [3.63, 3.8) is 0 Å². The molecule has 1 amide bonds. The SMILES string of the molecule is Cc1cccc(-n2c(SCCN3CCOC3=O)nnc2-c2c[nH]c3ccccc23)c1. The Morgan fingerprint density at radius 3 is 2.90 bits per heavy atom. The average molecular weight is 420 g/mol. The third-order valence-electron chi connectivity index (χ3n) is 5.16. The van der Waals surface area contributed by atoms with Gasteiger partial charge in [0.2, 0.25) is 0 Å².